The molecular weight excluding hydrogens is 451 g/mol. The number of aliphatic hydroxyl groups excluding tert-OH is 1. The SMILES string of the molecule is COCO/N=C(\C(=O)N[C@@H]1C(=O)N2C(C(=O)[O-])=C(CO)CS[C@H]12)c1nsc(N)n1.[Na+]. The molecule has 1 aromatic rings. The van der Waals surface area contributed by atoms with Crippen LogP contribution < -0.4 is 45.7 Å². The number of hydrogen-bond acceptors (Lipinski definition) is 13. The van der Waals surface area contributed by atoms with Crippen molar-refractivity contribution >= 4 is 51.9 Å². The Morgan fingerprint density at radius 3 is 2.80 bits per heavy atom. The van der Waals surface area contributed by atoms with Crippen molar-refractivity contribution in [2.75, 3.05) is 32.0 Å². The number of fused-ring (bicyclic) bond motifs is 1. The van der Waals surface area contributed by atoms with Gasteiger partial charge in [-0.25, -0.2) is 0 Å². The summed E-state index contributed by atoms with van der Waals surface area (Å²) in [5.74, 6) is -2.98. The van der Waals surface area contributed by atoms with E-state index in [2.05, 4.69) is 19.8 Å². The number of nitrogens with one attached hydrogen (secondary N) is 1. The molecule has 16 heteroatoms. The number of carboxylic acid groups (broad SMARTS) is 1. The molecule has 1 saturated heterocycles. The number of β-lactam (4-membered cyclic amide) rings is 1. The Hall–Kier alpha value is -1.75. The van der Waals surface area contributed by atoms with E-state index < -0.39 is 35.8 Å². The molecule has 30 heavy (non-hydrogen) atoms. The van der Waals surface area contributed by atoms with Crippen LogP contribution in [0.5, 0.6) is 0 Å². The molecule has 2 aliphatic heterocycles. The molecule has 0 unspecified atom stereocenters. The number of anilines is 1. The zero-order valence-electron chi connectivity index (χ0n) is 15.9. The van der Waals surface area contributed by atoms with Crippen molar-refractivity contribution < 1.29 is 63.7 Å². The number of carboxylic acids is 1. The Labute approximate surface area is 200 Å². The Kier molecular flexibility index (Phi) is 8.60. The average molecular weight is 466 g/mol. The van der Waals surface area contributed by atoms with Crippen LogP contribution in [0.2, 0.25) is 0 Å². The number of rotatable bonds is 8. The molecule has 0 bridgehead atoms. The molecule has 0 aliphatic carbocycles. The van der Waals surface area contributed by atoms with Crippen molar-refractivity contribution in [1.82, 2.24) is 19.6 Å². The molecule has 0 radical (unpaired) electrons. The van der Waals surface area contributed by atoms with Crippen LogP contribution in [-0.2, 0) is 24.0 Å². The molecule has 2 aliphatic rings. The minimum absolute atomic E-state index is 0. The van der Waals surface area contributed by atoms with E-state index in [4.69, 9.17) is 15.3 Å². The van der Waals surface area contributed by atoms with E-state index in [0.717, 1.165) is 16.4 Å². The predicted molar refractivity (Wildman–Crippen MR) is 98.0 cm³/mol. The van der Waals surface area contributed by atoms with Crippen LogP contribution in [0.4, 0.5) is 5.13 Å². The first-order chi connectivity index (χ1) is 13.9. The second kappa shape index (κ2) is 10.5. The molecular formula is C14H15N6NaO7S2. The number of oxime groups is 1. The molecule has 13 nitrogen and oxygen atoms in total. The fraction of sp³-hybridized carbons (Fsp3) is 0.429. The van der Waals surface area contributed by atoms with Crippen molar-refractivity contribution in [2.24, 2.45) is 5.16 Å². The first-order valence-corrected chi connectivity index (χ1v) is 9.79. The van der Waals surface area contributed by atoms with Gasteiger partial charge >= 0.3 is 29.6 Å². The maximum atomic E-state index is 12.7. The Balaban J connectivity index is 0.00000320. The molecule has 4 N–H and O–H groups in total. The van der Waals surface area contributed by atoms with E-state index in [1.165, 1.54) is 18.9 Å². The van der Waals surface area contributed by atoms with E-state index in [0.29, 0.717) is 0 Å². The van der Waals surface area contributed by atoms with Crippen LogP contribution >= 0.6 is 23.3 Å². The van der Waals surface area contributed by atoms with E-state index in [1.807, 2.05) is 0 Å². The van der Waals surface area contributed by atoms with Crippen molar-refractivity contribution in [3.8, 4) is 0 Å². The van der Waals surface area contributed by atoms with Gasteiger partial charge < -0.3 is 35.6 Å². The molecule has 156 valence electrons. The molecule has 3 rings (SSSR count). The van der Waals surface area contributed by atoms with Gasteiger partial charge in [-0.3, -0.25) is 14.5 Å². The summed E-state index contributed by atoms with van der Waals surface area (Å²) >= 11 is 2.04. The monoisotopic (exact) mass is 466 g/mol. The van der Waals surface area contributed by atoms with Gasteiger partial charge in [0.05, 0.1) is 18.3 Å². The number of nitrogen functional groups attached to an aromatic ring is 1. The number of aromatic nitrogens is 2. The van der Waals surface area contributed by atoms with E-state index >= 15 is 0 Å². The number of aliphatic carboxylic acids is 1. The number of nitrogens with zero attached hydrogens (tertiary/aromatic N) is 4. The molecule has 1 fully saturated rings. The minimum atomic E-state index is -1.57. The fourth-order valence-electron chi connectivity index (χ4n) is 2.66. The van der Waals surface area contributed by atoms with Crippen LogP contribution in [0.1, 0.15) is 5.82 Å². The first kappa shape index (κ1) is 24.5. The van der Waals surface area contributed by atoms with E-state index in [-0.39, 0.29) is 70.0 Å². The number of methoxy groups -OCH3 is 1. The average Bonchev–Trinajstić information content (AvgIpc) is 3.13. The van der Waals surface area contributed by atoms with Crippen LogP contribution in [-0.4, -0.2) is 80.5 Å². The summed E-state index contributed by atoms with van der Waals surface area (Å²) < 4.78 is 8.59. The Bertz CT molecular complexity index is 907. The maximum Gasteiger partial charge on any atom is 1.00 e. The zero-order valence-corrected chi connectivity index (χ0v) is 19.5. The van der Waals surface area contributed by atoms with Gasteiger partial charge in [-0.2, -0.15) is 9.36 Å². The topological polar surface area (TPSA) is 192 Å². The van der Waals surface area contributed by atoms with Gasteiger partial charge in [-0.15, -0.1) is 11.8 Å². The zero-order chi connectivity index (χ0) is 21.1. The number of hydrogen-bond donors (Lipinski definition) is 3. The van der Waals surface area contributed by atoms with Crippen molar-refractivity contribution in [2.45, 2.75) is 11.4 Å². The fourth-order valence-corrected chi connectivity index (χ4v) is 4.43. The summed E-state index contributed by atoms with van der Waals surface area (Å²) in [7, 11) is 1.36. The summed E-state index contributed by atoms with van der Waals surface area (Å²) in [6.07, 6.45) is 0. The third-order valence-corrected chi connectivity index (χ3v) is 5.80. The number of ether oxygens (including phenoxy) is 1. The number of nitrogens with two attached hydrogens (primary N) is 1. The Morgan fingerprint density at radius 2 is 2.23 bits per heavy atom. The molecule has 1 aromatic heterocycles. The largest absolute Gasteiger partial charge is 1.00 e. The standard InChI is InChI=1S/C14H16N6O7S2.Na/c1-26-4-27-18-6(9-17-14(15)29-19-9)10(22)16-7-11(23)20-8(13(24)25)5(2-21)3-28-12(7)20;/h7,12,21H,2-4H2,1H3,(H,16,22)(H,24,25)(H2,15,17,19);/q;+1/p-1/b18-6-;/t7-,12-;/m1./s1. The summed E-state index contributed by atoms with van der Waals surface area (Å²) in [4.78, 5) is 46.2. The van der Waals surface area contributed by atoms with E-state index in [9.17, 15) is 24.6 Å². The van der Waals surface area contributed by atoms with Gasteiger partial charge in [0.25, 0.3) is 11.8 Å². The number of carbonyl (C=O) groups is 3. The maximum absolute atomic E-state index is 12.7. The minimum Gasteiger partial charge on any atom is -0.543 e. The number of carbonyl (C=O) groups excluding carboxylic acids is 3. The van der Waals surface area contributed by atoms with Gasteiger partial charge in [0.15, 0.2) is 5.13 Å². The van der Waals surface area contributed by atoms with Crippen molar-refractivity contribution in [1.29, 1.82) is 0 Å². The predicted octanol–water partition coefficient (Wildman–Crippen LogP) is -6.15. The molecule has 2 amide bonds. The second-order valence-electron chi connectivity index (χ2n) is 5.69. The second-order valence-corrected chi connectivity index (χ2v) is 7.58. The normalized spacial score (nSPS) is 20.8. The molecule has 0 spiro atoms. The first-order valence-electron chi connectivity index (χ1n) is 7.97. The summed E-state index contributed by atoms with van der Waals surface area (Å²) in [6, 6.07) is -1.02. The number of amides is 2. The van der Waals surface area contributed by atoms with Crippen LogP contribution in [0.25, 0.3) is 0 Å². The van der Waals surface area contributed by atoms with Crippen molar-refractivity contribution in [3.63, 3.8) is 0 Å². The summed E-state index contributed by atoms with van der Waals surface area (Å²) in [5.41, 5.74) is 5.00. The van der Waals surface area contributed by atoms with Gasteiger partial charge in [0.2, 0.25) is 18.3 Å². The van der Waals surface area contributed by atoms with Gasteiger partial charge in [-0.05, 0) is 5.57 Å². The number of thioether (sulfide) groups is 1. The molecule has 2 atom stereocenters. The Morgan fingerprint density at radius 1 is 1.50 bits per heavy atom. The van der Waals surface area contributed by atoms with Gasteiger partial charge in [0, 0.05) is 24.4 Å². The summed E-state index contributed by atoms with van der Waals surface area (Å²) in [5, 5.41) is 26.2. The van der Waals surface area contributed by atoms with Gasteiger partial charge in [-0.1, -0.05) is 5.16 Å². The summed E-state index contributed by atoms with van der Waals surface area (Å²) in [6.45, 7) is -0.761. The van der Waals surface area contributed by atoms with Crippen LogP contribution in [0.3, 0.4) is 0 Å². The third-order valence-electron chi connectivity index (χ3n) is 3.91. The van der Waals surface area contributed by atoms with Crippen molar-refractivity contribution in [3.05, 3.63) is 17.1 Å². The molecule has 3 heterocycles. The van der Waals surface area contributed by atoms with Crippen LogP contribution in [0.15, 0.2) is 16.4 Å². The third kappa shape index (κ3) is 4.77. The number of aliphatic hydroxyl groups is 1. The van der Waals surface area contributed by atoms with E-state index in [1.54, 1.807) is 0 Å². The van der Waals surface area contributed by atoms with Gasteiger partial charge in [0.1, 0.15) is 11.4 Å². The quantitative estimate of drug-likeness (QED) is 0.0824. The smallest absolute Gasteiger partial charge is 0.543 e. The molecule has 0 aromatic carbocycles. The molecule has 0 saturated carbocycles. The van der Waals surface area contributed by atoms with Crippen LogP contribution in [0, 0.1) is 0 Å².